The third kappa shape index (κ3) is 3.18. The van der Waals surface area contributed by atoms with Gasteiger partial charge in [-0.2, -0.15) is 0 Å². The Labute approximate surface area is 147 Å². The van der Waals surface area contributed by atoms with Gasteiger partial charge in [-0.25, -0.2) is 9.67 Å². The quantitative estimate of drug-likeness (QED) is 0.931. The third-order valence-electron chi connectivity index (χ3n) is 5.54. The number of nitrogens with zero attached hydrogens (tertiary/aromatic N) is 4. The van der Waals surface area contributed by atoms with Crippen LogP contribution in [0.3, 0.4) is 0 Å². The van der Waals surface area contributed by atoms with Gasteiger partial charge in [0.15, 0.2) is 0 Å². The second kappa shape index (κ2) is 6.96. The topological polar surface area (TPSA) is 71.2 Å². The van der Waals surface area contributed by atoms with E-state index in [0.717, 1.165) is 50.8 Å². The Bertz CT molecular complexity index is 730. The van der Waals surface area contributed by atoms with Crippen molar-refractivity contribution in [1.29, 1.82) is 0 Å². The van der Waals surface area contributed by atoms with E-state index in [2.05, 4.69) is 10.1 Å². The number of para-hydroxylation sites is 1. The molecule has 25 heavy (non-hydrogen) atoms. The first-order valence-electron chi connectivity index (χ1n) is 9.20. The molecule has 2 aliphatic rings. The summed E-state index contributed by atoms with van der Waals surface area (Å²) >= 11 is 0. The SMILES string of the molecule is O=C(c1ncn(-c2ccccc2)n1)N1CCC[C@@H]1[C@H]1CCCC[C@@H]1O. The summed E-state index contributed by atoms with van der Waals surface area (Å²) < 4.78 is 1.63. The van der Waals surface area contributed by atoms with Crippen molar-refractivity contribution in [1.82, 2.24) is 19.7 Å². The lowest BCUT2D eigenvalue weighted by Crippen LogP contribution is -2.45. The highest BCUT2D eigenvalue weighted by atomic mass is 16.3. The van der Waals surface area contributed by atoms with Crippen molar-refractivity contribution in [3.05, 3.63) is 42.5 Å². The van der Waals surface area contributed by atoms with Crippen LogP contribution in [0.15, 0.2) is 36.7 Å². The van der Waals surface area contributed by atoms with Crippen LogP contribution in [-0.2, 0) is 0 Å². The molecule has 3 atom stereocenters. The molecular formula is C19H24N4O2. The lowest BCUT2D eigenvalue weighted by atomic mass is 9.80. The van der Waals surface area contributed by atoms with E-state index >= 15 is 0 Å². The second-order valence-electron chi connectivity index (χ2n) is 7.07. The fraction of sp³-hybridized carbons (Fsp3) is 0.526. The number of hydrogen-bond donors (Lipinski definition) is 1. The van der Waals surface area contributed by atoms with Gasteiger partial charge in [-0.05, 0) is 37.8 Å². The molecule has 132 valence electrons. The standard InChI is InChI=1S/C19H24N4O2/c24-17-11-5-4-9-15(17)16-10-6-12-22(16)19(25)18-20-13-23(21-18)14-7-2-1-3-8-14/h1-3,7-8,13,15-17,24H,4-6,9-12H2/t15-,16-,17+/m1/s1. The summed E-state index contributed by atoms with van der Waals surface area (Å²) in [4.78, 5) is 19.1. The van der Waals surface area contributed by atoms with Crippen molar-refractivity contribution in [2.75, 3.05) is 6.54 Å². The Morgan fingerprint density at radius 3 is 2.68 bits per heavy atom. The zero-order chi connectivity index (χ0) is 17.2. The highest BCUT2D eigenvalue weighted by Gasteiger charge is 2.40. The Balaban J connectivity index is 1.53. The molecule has 0 bridgehead atoms. The number of carbonyl (C=O) groups excluding carboxylic acids is 1. The summed E-state index contributed by atoms with van der Waals surface area (Å²) in [5, 5.41) is 14.8. The van der Waals surface area contributed by atoms with Gasteiger partial charge in [0.05, 0.1) is 11.8 Å². The number of aliphatic hydroxyl groups excluding tert-OH is 1. The van der Waals surface area contributed by atoms with E-state index in [-0.39, 0.29) is 29.8 Å². The normalized spacial score (nSPS) is 26.8. The minimum atomic E-state index is -0.290. The summed E-state index contributed by atoms with van der Waals surface area (Å²) in [6.45, 7) is 0.729. The highest BCUT2D eigenvalue weighted by molar-refractivity contribution is 5.90. The molecule has 1 aliphatic carbocycles. The van der Waals surface area contributed by atoms with Crippen LogP contribution < -0.4 is 0 Å². The van der Waals surface area contributed by atoms with Crippen LogP contribution in [0.4, 0.5) is 0 Å². The van der Waals surface area contributed by atoms with Gasteiger partial charge in [0.2, 0.25) is 5.82 Å². The molecule has 4 rings (SSSR count). The van der Waals surface area contributed by atoms with Crippen LogP contribution in [0.2, 0.25) is 0 Å². The first kappa shape index (κ1) is 16.3. The molecule has 6 nitrogen and oxygen atoms in total. The lowest BCUT2D eigenvalue weighted by Gasteiger charge is -2.36. The minimum absolute atomic E-state index is 0.116. The molecule has 0 unspecified atom stereocenters. The molecule has 0 spiro atoms. The number of hydrogen-bond acceptors (Lipinski definition) is 4. The number of amides is 1. The Hall–Kier alpha value is -2.21. The Morgan fingerprint density at radius 1 is 1.08 bits per heavy atom. The van der Waals surface area contributed by atoms with Gasteiger partial charge in [0.1, 0.15) is 6.33 Å². The predicted molar refractivity (Wildman–Crippen MR) is 93.4 cm³/mol. The van der Waals surface area contributed by atoms with Crippen molar-refractivity contribution in [2.45, 2.75) is 50.7 Å². The van der Waals surface area contributed by atoms with Crippen molar-refractivity contribution in [2.24, 2.45) is 5.92 Å². The zero-order valence-electron chi connectivity index (χ0n) is 14.3. The molecule has 1 aliphatic heterocycles. The first-order valence-corrected chi connectivity index (χ1v) is 9.20. The Morgan fingerprint density at radius 2 is 1.88 bits per heavy atom. The van der Waals surface area contributed by atoms with E-state index in [1.807, 2.05) is 35.2 Å². The van der Waals surface area contributed by atoms with Gasteiger partial charge in [-0.15, -0.1) is 5.10 Å². The second-order valence-corrected chi connectivity index (χ2v) is 7.07. The molecule has 6 heteroatoms. The summed E-state index contributed by atoms with van der Waals surface area (Å²) in [5.41, 5.74) is 0.884. The molecule has 2 fully saturated rings. The molecule has 1 aromatic heterocycles. The van der Waals surface area contributed by atoms with Gasteiger partial charge in [0, 0.05) is 18.5 Å². The summed E-state index contributed by atoms with van der Waals surface area (Å²) in [6, 6.07) is 9.78. The highest BCUT2D eigenvalue weighted by Crippen LogP contribution is 2.35. The van der Waals surface area contributed by atoms with E-state index in [1.165, 1.54) is 0 Å². The fourth-order valence-electron chi connectivity index (χ4n) is 4.27. The number of benzene rings is 1. The first-order chi connectivity index (χ1) is 12.2. The van der Waals surface area contributed by atoms with Gasteiger partial charge in [-0.1, -0.05) is 31.0 Å². The monoisotopic (exact) mass is 340 g/mol. The van der Waals surface area contributed by atoms with Crippen molar-refractivity contribution >= 4 is 5.91 Å². The van der Waals surface area contributed by atoms with E-state index in [0.29, 0.717) is 0 Å². The van der Waals surface area contributed by atoms with E-state index in [9.17, 15) is 9.90 Å². The molecule has 1 saturated heterocycles. The number of likely N-dealkylation sites (tertiary alicyclic amines) is 1. The van der Waals surface area contributed by atoms with Crippen LogP contribution in [0, 0.1) is 5.92 Å². The number of aromatic nitrogens is 3. The van der Waals surface area contributed by atoms with Crippen LogP contribution in [-0.4, -0.2) is 49.4 Å². The van der Waals surface area contributed by atoms with Crippen LogP contribution >= 0.6 is 0 Å². The third-order valence-corrected chi connectivity index (χ3v) is 5.54. The lowest BCUT2D eigenvalue weighted by molar-refractivity contribution is 0.0207. The summed E-state index contributed by atoms with van der Waals surface area (Å²) in [6.07, 6.45) is 7.32. The number of rotatable bonds is 3. The number of aliphatic hydroxyl groups is 1. The molecule has 0 radical (unpaired) electrons. The molecule has 1 aromatic carbocycles. The minimum Gasteiger partial charge on any atom is -0.393 e. The van der Waals surface area contributed by atoms with E-state index < -0.39 is 0 Å². The van der Waals surface area contributed by atoms with Crippen LogP contribution in [0.1, 0.15) is 49.1 Å². The van der Waals surface area contributed by atoms with Crippen molar-refractivity contribution < 1.29 is 9.90 Å². The van der Waals surface area contributed by atoms with Crippen molar-refractivity contribution in [3.63, 3.8) is 0 Å². The molecule has 1 saturated carbocycles. The Kier molecular flexibility index (Phi) is 4.53. The summed E-state index contributed by atoms with van der Waals surface area (Å²) in [5.74, 6) is 0.312. The molecular weight excluding hydrogens is 316 g/mol. The maximum atomic E-state index is 13.0. The molecule has 1 amide bonds. The maximum Gasteiger partial charge on any atom is 0.293 e. The average Bonchev–Trinajstić information content (AvgIpc) is 3.32. The van der Waals surface area contributed by atoms with Gasteiger partial charge < -0.3 is 10.0 Å². The molecule has 2 heterocycles. The average molecular weight is 340 g/mol. The van der Waals surface area contributed by atoms with E-state index in [4.69, 9.17) is 0 Å². The van der Waals surface area contributed by atoms with Gasteiger partial charge in [-0.3, -0.25) is 4.79 Å². The number of carbonyl (C=O) groups is 1. The largest absolute Gasteiger partial charge is 0.393 e. The van der Waals surface area contributed by atoms with Gasteiger partial charge >= 0.3 is 0 Å². The maximum absolute atomic E-state index is 13.0. The van der Waals surface area contributed by atoms with Gasteiger partial charge in [0.25, 0.3) is 5.91 Å². The van der Waals surface area contributed by atoms with Crippen LogP contribution in [0.5, 0.6) is 0 Å². The van der Waals surface area contributed by atoms with Crippen LogP contribution in [0.25, 0.3) is 5.69 Å². The zero-order valence-corrected chi connectivity index (χ0v) is 14.3. The predicted octanol–water partition coefficient (Wildman–Crippen LogP) is 2.42. The molecule has 2 aromatic rings. The smallest absolute Gasteiger partial charge is 0.293 e. The fourth-order valence-corrected chi connectivity index (χ4v) is 4.27. The summed E-state index contributed by atoms with van der Waals surface area (Å²) in [7, 11) is 0. The van der Waals surface area contributed by atoms with Crippen molar-refractivity contribution in [3.8, 4) is 5.69 Å². The molecule has 1 N–H and O–H groups in total. The van der Waals surface area contributed by atoms with E-state index in [1.54, 1.807) is 11.0 Å².